The number of hydrogen-bond donors (Lipinski definition) is 1. The van der Waals surface area contributed by atoms with Crippen molar-refractivity contribution in [3.63, 3.8) is 0 Å². The van der Waals surface area contributed by atoms with Crippen LogP contribution in [0, 0.1) is 17.1 Å². The number of aryl methyl sites for hydroxylation is 2. The fraction of sp³-hybridized carbons (Fsp3) is 0.343. The number of hydrogen-bond acceptors (Lipinski definition) is 8. The predicted molar refractivity (Wildman–Crippen MR) is 171 cm³/mol. The Bertz CT molecular complexity index is 1910. The van der Waals surface area contributed by atoms with E-state index in [1.165, 1.54) is 12.1 Å². The number of carboxylic acids is 1. The molecule has 11 nitrogen and oxygen atoms in total. The molecule has 0 unspecified atom stereocenters. The van der Waals surface area contributed by atoms with Gasteiger partial charge in [-0.1, -0.05) is 12.1 Å². The lowest BCUT2D eigenvalue weighted by molar-refractivity contribution is -0.136. The van der Waals surface area contributed by atoms with Gasteiger partial charge in [0.1, 0.15) is 29.8 Å². The number of fused-ring (bicyclic) bond motifs is 1. The lowest BCUT2D eigenvalue weighted by atomic mass is 10.1. The van der Waals surface area contributed by atoms with E-state index in [4.69, 9.17) is 29.8 Å². The Morgan fingerprint density at radius 1 is 1.11 bits per heavy atom. The number of ether oxygens (including phenoxy) is 2. The fourth-order valence-electron chi connectivity index (χ4n) is 5.81. The number of pyridine rings is 1. The number of rotatable bonds is 13. The molecule has 1 N–H and O–H groups in total. The molecule has 0 saturated carbocycles. The number of carboxylic acid groups (broad SMARTS) is 1. The van der Waals surface area contributed by atoms with Crippen molar-refractivity contribution in [1.29, 1.82) is 5.26 Å². The minimum Gasteiger partial charge on any atom is -0.490 e. The van der Waals surface area contributed by atoms with E-state index in [0.29, 0.717) is 19.5 Å². The van der Waals surface area contributed by atoms with Crippen LogP contribution in [-0.2, 0) is 37.5 Å². The SMILES string of the molecule is CCn1cncc1Cn1c(CN2CCC(Oc3cccc(COc4ccc(C#N)cc4F)c3)CC2)nc2ccc(CCC(=O)O)nc21. The summed E-state index contributed by atoms with van der Waals surface area (Å²) in [5.74, 6) is 0.324. The number of benzene rings is 2. The molecular formula is C35H36FN7O4. The molecule has 2 aromatic carbocycles. The minimum absolute atomic E-state index is 0.0236. The van der Waals surface area contributed by atoms with Gasteiger partial charge in [-0.3, -0.25) is 9.69 Å². The summed E-state index contributed by atoms with van der Waals surface area (Å²) in [5.41, 5.74) is 4.41. The van der Waals surface area contributed by atoms with Crippen LogP contribution in [-0.4, -0.2) is 59.3 Å². The second-order valence-corrected chi connectivity index (χ2v) is 11.6. The molecule has 242 valence electrons. The number of carbonyl (C=O) groups is 1. The number of piperidine rings is 1. The average Bonchev–Trinajstić information content (AvgIpc) is 3.67. The Morgan fingerprint density at radius 2 is 1.96 bits per heavy atom. The van der Waals surface area contributed by atoms with Crippen LogP contribution >= 0.6 is 0 Å². The first-order chi connectivity index (χ1) is 22.9. The molecule has 0 spiro atoms. The average molecular weight is 638 g/mol. The Hall–Kier alpha value is -5.28. The first-order valence-electron chi connectivity index (χ1n) is 15.7. The summed E-state index contributed by atoms with van der Waals surface area (Å²) >= 11 is 0. The quantitative estimate of drug-likeness (QED) is 0.182. The van der Waals surface area contributed by atoms with Crippen LogP contribution in [0.2, 0.25) is 0 Å². The molecule has 5 aromatic rings. The van der Waals surface area contributed by atoms with Crippen LogP contribution in [0.3, 0.4) is 0 Å². The Morgan fingerprint density at radius 3 is 2.72 bits per heavy atom. The Labute approximate surface area is 271 Å². The van der Waals surface area contributed by atoms with Gasteiger partial charge in [-0.25, -0.2) is 19.3 Å². The molecule has 6 rings (SSSR count). The maximum absolute atomic E-state index is 14.2. The summed E-state index contributed by atoms with van der Waals surface area (Å²) in [6.45, 7) is 5.92. The molecule has 4 heterocycles. The molecule has 0 atom stereocenters. The second-order valence-electron chi connectivity index (χ2n) is 11.6. The highest BCUT2D eigenvalue weighted by Crippen LogP contribution is 2.25. The molecule has 3 aromatic heterocycles. The molecule has 0 bridgehead atoms. The molecule has 47 heavy (non-hydrogen) atoms. The maximum atomic E-state index is 14.2. The zero-order valence-electron chi connectivity index (χ0n) is 26.2. The van der Waals surface area contributed by atoms with Gasteiger partial charge >= 0.3 is 5.97 Å². The van der Waals surface area contributed by atoms with Gasteiger partial charge in [-0.05, 0) is 67.8 Å². The third-order valence-electron chi connectivity index (χ3n) is 8.34. The van der Waals surface area contributed by atoms with E-state index in [1.54, 1.807) is 0 Å². The van der Waals surface area contributed by atoms with Gasteiger partial charge in [-0.15, -0.1) is 0 Å². The zero-order chi connectivity index (χ0) is 32.8. The molecule has 0 radical (unpaired) electrons. The van der Waals surface area contributed by atoms with E-state index < -0.39 is 11.8 Å². The van der Waals surface area contributed by atoms with Gasteiger partial charge in [0.2, 0.25) is 0 Å². The largest absolute Gasteiger partial charge is 0.490 e. The van der Waals surface area contributed by atoms with Crippen molar-refractivity contribution in [1.82, 2.24) is 29.0 Å². The summed E-state index contributed by atoms with van der Waals surface area (Å²) in [4.78, 5) is 27.7. The Balaban J connectivity index is 1.09. The van der Waals surface area contributed by atoms with Crippen molar-refractivity contribution in [2.75, 3.05) is 13.1 Å². The van der Waals surface area contributed by atoms with E-state index in [-0.39, 0.29) is 30.4 Å². The van der Waals surface area contributed by atoms with Crippen LogP contribution in [0.4, 0.5) is 4.39 Å². The van der Waals surface area contributed by atoms with Gasteiger partial charge in [0.15, 0.2) is 17.2 Å². The molecule has 12 heteroatoms. The topological polar surface area (TPSA) is 131 Å². The molecule has 0 amide bonds. The number of aliphatic carboxylic acids is 1. The summed E-state index contributed by atoms with van der Waals surface area (Å²) in [5, 5.41) is 18.1. The number of halogens is 1. The molecular weight excluding hydrogens is 601 g/mol. The third kappa shape index (κ3) is 7.76. The zero-order valence-corrected chi connectivity index (χ0v) is 26.2. The molecule has 1 aliphatic rings. The highest BCUT2D eigenvalue weighted by atomic mass is 19.1. The van der Waals surface area contributed by atoms with Crippen LogP contribution in [0.5, 0.6) is 11.5 Å². The molecule has 0 aliphatic carbocycles. The van der Waals surface area contributed by atoms with Crippen molar-refractivity contribution < 1.29 is 23.8 Å². The minimum atomic E-state index is -0.849. The van der Waals surface area contributed by atoms with Crippen molar-refractivity contribution >= 4 is 17.1 Å². The van der Waals surface area contributed by atoms with Gasteiger partial charge in [0, 0.05) is 37.9 Å². The predicted octanol–water partition coefficient (Wildman–Crippen LogP) is 5.35. The Kier molecular flexibility index (Phi) is 9.73. The summed E-state index contributed by atoms with van der Waals surface area (Å²) < 4.78 is 30.4. The number of likely N-dealkylation sites (tertiary alicyclic amines) is 1. The number of imidazole rings is 2. The van der Waals surface area contributed by atoms with Crippen LogP contribution < -0.4 is 9.47 Å². The third-order valence-corrected chi connectivity index (χ3v) is 8.34. The van der Waals surface area contributed by atoms with Crippen LogP contribution in [0.15, 0.2) is 67.1 Å². The lowest BCUT2D eigenvalue weighted by Gasteiger charge is -2.32. The smallest absolute Gasteiger partial charge is 0.303 e. The number of nitrogens with zero attached hydrogens (tertiary/aromatic N) is 7. The summed E-state index contributed by atoms with van der Waals surface area (Å²) in [6.07, 6.45) is 5.81. The first-order valence-corrected chi connectivity index (χ1v) is 15.7. The summed E-state index contributed by atoms with van der Waals surface area (Å²) in [6, 6.07) is 17.5. The van der Waals surface area contributed by atoms with E-state index in [0.717, 1.165) is 78.2 Å². The normalized spacial score (nSPS) is 13.9. The standard InChI is InChI=1S/C35H36FN7O4/c1-2-42-23-38-19-27(42)20-43-33(40-31-9-7-26(39-35(31)43)8-11-34(44)45)21-41-14-12-28(13-15-41)47-29-5-3-4-25(16-29)22-46-32-10-6-24(18-37)17-30(32)36/h3-7,9-10,16-17,19,23,28H,2,8,11-15,20-22H2,1H3,(H,44,45). The fourth-order valence-corrected chi connectivity index (χ4v) is 5.81. The highest BCUT2D eigenvalue weighted by molar-refractivity contribution is 5.72. The summed E-state index contributed by atoms with van der Waals surface area (Å²) in [7, 11) is 0. The van der Waals surface area contributed by atoms with Crippen LogP contribution in [0.25, 0.3) is 11.2 Å². The second kappa shape index (κ2) is 14.4. The molecule has 1 fully saturated rings. The van der Waals surface area contributed by atoms with Gasteiger partial charge in [-0.2, -0.15) is 5.26 Å². The molecule has 1 saturated heterocycles. The van der Waals surface area contributed by atoms with Crippen molar-refractivity contribution in [2.45, 2.75) is 65.0 Å². The maximum Gasteiger partial charge on any atom is 0.303 e. The molecule has 1 aliphatic heterocycles. The van der Waals surface area contributed by atoms with E-state index >= 15 is 0 Å². The number of aromatic nitrogens is 5. The highest BCUT2D eigenvalue weighted by Gasteiger charge is 2.24. The van der Waals surface area contributed by atoms with Gasteiger partial charge in [0.25, 0.3) is 0 Å². The van der Waals surface area contributed by atoms with Gasteiger partial charge in [0.05, 0.1) is 43.2 Å². The van der Waals surface area contributed by atoms with Gasteiger partial charge < -0.3 is 23.7 Å². The first kappa shape index (κ1) is 31.7. The monoisotopic (exact) mass is 637 g/mol. The van der Waals surface area contributed by atoms with E-state index in [1.807, 2.05) is 55.0 Å². The van der Waals surface area contributed by atoms with Crippen molar-refractivity contribution in [3.8, 4) is 17.6 Å². The van der Waals surface area contributed by atoms with Crippen molar-refractivity contribution in [3.05, 3.63) is 101 Å². The van der Waals surface area contributed by atoms with E-state index in [9.17, 15) is 9.18 Å². The van der Waals surface area contributed by atoms with Crippen LogP contribution in [0.1, 0.15) is 54.5 Å². The van der Waals surface area contributed by atoms with E-state index in [2.05, 4.69) is 25.9 Å². The van der Waals surface area contributed by atoms with Crippen molar-refractivity contribution in [2.24, 2.45) is 0 Å². The number of nitriles is 1. The lowest BCUT2D eigenvalue weighted by Crippen LogP contribution is -2.38.